The zero-order valence-electron chi connectivity index (χ0n) is 11.3. The lowest BCUT2D eigenvalue weighted by molar-refractivity contribution is -0.137. The van der Waals surface area contributed by atoms with E-state index in [1.807, 2.05) is 0 Å². The van der Waals surface area contributed by atoms with Gasteiger partial charge in [0.2, 0.25) is 0 Å². The van der Waals surface area contributed by atoms with Crippen LogP contribution in [0.15, 0.2) is 48.5 Å². The van der Waals surface area contributed by atoms with Crippen LogP contribution in [0, 0.1) is 0 Å². The molecule has 0 atom stereocenters. The fourth-order valence-corrected chi connectivity index (χ4v) is 2.01. The second-order valence-corrected chi connectivity index (χ2v) is 4.30. The van der Waals surface area contributed by atoms with Crippen LogP contribution in [0.1, 0.15) is 28.4 Å². The molecule has 0 saturated carbocycles. The lowest BCUT2D eigenvalue weighted by Crippen LogP contribution is -2.14. The summed E-state index contributed by atoms with van der Waals surface area (Å²) >= 11 is 0. The summed E-state index contributed by atoms with van der Waals surface area (Å²) in [6, 6.07) is 11.0. The Morgan fingerprint density at radius 1 is 1.00 bits per heavy atom. The molecular weight excluding hydrogens is 281 g/mol. The summed E-state index contributed by atoms with van der Waals surface area (Å²) in [6.07, 6.45) is -4.58. The Hall–Kier alpha value is -2.30. The van der Waals surface area contributed by atoms with Crippen molar-refractivity contribution in [3.05, 3.63) is 65.2 Å². The zero-order valence-corrected chi connectivity index (χ0v) is 11.3. The molecule has 0 spiro atoms. The molecule has 0 aliphatic rings. The fourth-order valence-electron chi connectivity index (χ4n) is 2.01. The van der Waals surface area contributed by atoms with Crippen molar-refractivity contribution in [2.75, 3.05) is 6.61 Å². The number of hydrogen-bond donors (Lipinski definition) is 0. The van der Waals surface area contributed by atoms with Crippen LogP contribution in [0.5, 0.6) is 5.75 Å². The van der Waals surface area contributed by atoms with Crippen molar-refractivity contribution < 1.29 is 22.7 Å². The van der Waals surface area contributed by atoms with Crippen LogP contribution >= 0.6 is 0 Å². The highest BCUT2D eigenvalue weighted by Gasteiger charge is 2.35. The number of hydrogen-bond acceptors (Lipinski definition) is 2. The summed E-state index contributed by atoms with van der Waals surface area (Å²) in [7, 11) is 0. The summed E-state index contributed by atoms with van der Waals surface area (Å²) in [6.45, 7) is 2.07. The SMILES string of the molecule is CCOc1ccccc1C(=O)c1ccccc1C(F)(F)F. The average molecular weight is 294 g/mol. The molecule has 0 unspecified atom stereocenters. The lowest BCUT2D eigenvalue weighted by Gasteiger charge is -2.13. The van der Waals surface area contributed by atoms with Crippen molar-refractivity contribution in [3.63, 3.8) is 0 Å². The molecule has 2 aromatic rings. The Labute approximate surface area is 120 Å². The maximum absolute atomic E-state index is 13.0. The quantitative estimate of drug-likeness (QED) is 0.784. The molecular formula is C16H13F3O2. The van der Waals surface area contributed by atoms with Crippen LogP contribution in [-0.4, -0.2) is 12.4 Å². The third kappa shape index (κ3) is 3.24. The van der Waals surface area contributed by atoms with Crippen LogP contribution in [0.25, 0.3) is 0 Å². The highest BCUT2D eigenvalue weighted by Crippen LogP contribution is 2.33. The van der Waals surface area contributed by atoms with Crippen LogP contribution in [0.4, 0.5) is 13.2 Å². The molecule has 0 fully saturated rings. The molecule has 110 valence electrons. The van der Waals surface area contributed by atoms with Gasteiger partial charge in [0.05, 0.1) is 17.7 Å². The first-order valence-corrected chi connectivity index (χ1v) is 6.38. The van der Waals surface area contributed by atoms with Crippen LogP contribution in [0.3, 0.4) is 0 Å². The van der Waals surface area contributed by atoms with Gasteiger partial charge in [0.25, 0.3) is 0 Å². The Morgan fingerprint density at radius 3 is 2.19 bits per heavy atom. The van der Waals surface area contributed by atoms with Gasteiger partial charge in [0, 0.05) is 5.56 Å². The molecule has 5 heteroatoms. The van der Waals surface area contributed by atoms with Gasteiger partial charge in [-0.2, -0.15) is 13.2 Å². The molecule has 2 aromatic carbocycles. The zero-order chi connectivity index (χ0) is 15.5. The largest absolute Gasteiger partial charge is 0.493 e. The summed E-state index contributed by atoms with van der Waals surface area (Å²) in [5.41, 5.74) is -1.20. The number of alkyl halides is 3. The predicted octanol–water partition coefficient (Wildman–Crippen LogP) is 4.34. The standard InChI is InChI=1S/C16H13F3O2/c1-2-21-14-10-6-4-8-12(14)15(20)11-7-3-5-9-13(11)16(17,18)19/h3-10H,2H2,1H3. The van der Waals surface area contributed by atoms with Crippen molar-refractivity contribution in [2.45, 2.75) is 13.1 Å². The number of halogens is 3. The fraction of sp³-hybridized carbons (Fsp3) is 0.188. The van der Waals surface area contributed by atoms with Crippen molar-refractivity contribution in [1.82, 2.24) is 0 Å². The smallest absolute Gasteiger partial charge is 0.417 e. The third-order valence-electron chi connectivity index (χ3n) is 2.91. The van der Waals surface area contributed by atoms with Gasteiger partial charge >= 0.3 is 6.18 Å². The highest BCUT2D eigenvalue weighted by molar-refractivity contribution is 6.11. The van der Waals surface area contributed by atoms with Gasteiger partial charge in [0.1, 0.15) is 5.75 Å². The van der Waals surface area contributed by atoms with E-state index in [-0.39, 0.29) is 16.9 Å². The summed E-state index contributed by atoms with van der Waals surface area (Å²) in [4.78, 5) is 12.4. The Morgan fingerprint density at radius 2 is 1.57 bits per heavy atom. The van der Waals surface area contributed by atoms with Gasteiger partial charge in [-0.1, -0.05) is 30.3 Å². The molecule has 0 N–H and O–H groups in total. The minimum absolute atomic E-state index is 0.121. The predicted molar refractivity (Wildman–Crippen MR) is 72.5 cm³/mol. The lowest BCUT2D eigenvalue weighted by atomic mass is 9.97. The minimum atomic E-state index is -4.58. The molecule has 0 saturated heterocycles. The molecule has 0 aliphatic carbocycles. The maximum Gasteiger partial charge on any atom is 0.417 e. The second-order valence-electron chi connectivity index (χ2n) is 4.30. The first kappa shape index (κ1) is 15.1. The van der Waals surface area contributed by atoms with Crippen molar-refractivity contribution >= 4 is 5.78 Å². The molecule has 0 aliphatic heterocycles. The van der Waals surface area contributed by atoms with E-state index in [9.17, 15) is 18.0 Å². The summed E-state index contributed by atoms with van der Waals surface area (Å²) < 4.78 is 44.3. The van der Waals surface area contributed by atoms with E-state index in [1.54, 1.807) is 25.1 Å². The molecule has 0 radical (unpaired) electrons. The maximum atomic E-state index is 13.0. The number of ether oxygens (including phenoxy) is 1. The molecule has 0 aromatic heterocycles. The van der Waals surface area contributed by atoms with Gasteiger partial charge in [-0.05, 0) is 25.1 Å². The monoisotopic (exact) mass is 294 g/mol. The van der Waals surface area contributed by atoms with Gasteiger partial charge in [0.15, 0.2) is 5.78 Å². The first-order chi connectivity index (χ1) is 9.95. The molecule has 0 heterocycles. The van der Waals surface area contributed by atoms with Gasteiger partial charge in [-0.25, -0.2) is 0 Å². The van der Waals surface area contributed by atoms with Crippen LogP contribution in [0.2, 0.25) is 0 Å². The number of carbonyl (C=O) groups excluding carboxylic acids is 1. The Balaban J connectivity index is 2.51. The number of benzene rings is 2. The van der Waals surface area contributed by atoms with E-state index in [0.717, 1.165) is 6.07 Å². The summed E-state index contributed by atoms with van der Waals surface area (Å²) in [5, 5.41) is 0. The Bertz CT molecular complexity index is 648. The highest BCUT2D eigenvalue weighted by atomic mass is 19.4. The molecule has 0 bridgehead atoms. The van der Waals surface area contributed by atoms with Crippen LogP contribution in [-0.2, 0) is 6.18 Å². The van der Waals surface area contributed by atoms with E-state index in [4.69, 9.17) is 4.74 Å². The van der Waals surface area contributed by atoms with Gasteiger partial charge < -0.3 is 4.74 Å². The first-order valence-electron chi connectivity index (χ1n) is 6.38. The number of rotatable bonds is 4. The average Bonchev–Trinajstić information content (AvgIpc) is 2.46. The van der Waals surface area contributed by atoms with Crippen LogP contribution < -0.4 is 4.74 Å². The number of para-hydroxylation sites is 1. The van der Waals surface area contributed by atoms with Crippen molar-refractivity contribution in [2.24, 2.45) is 0 Å². The molecule has 2 rings (SSSR count). The third-order valence-corrected chi connectivity index (χ3v) is 2.91. The van der Waals surface area contributed by atoms with Crippen molar-refractivity contribution in [3.8, 4) is 5.75 Å². The normalized spacial score (nSPS) is 11.2. The van der Waals surface area contributed by atoms with E-state index in [1.165, 1.54) is 24.3 Å². The second kappa shape index (κ2) is 5.99. The van der Waals surface area contributed by atoms with Gasteiger partial charge in [-0.3, -0.25) is 4.79 Å². The topological polar surface area (TPSA) is 26.3 Å². The van der Waals surface area contributed by atoms with E-state index in [0.29, 0.717) is 6.61 Å². The minimum Gasteiger partial charge on any atom is -0.493 e. The van der Waals surface area contributed by atoms with E-state index >= 15 is 0 Å². The van der Waals surface area contributed by atoms with E-state index in [2.05, 4.69) is 0 Å². The Kier molecular flexibility index (Phi) is 4.31. The number of carbonyl (C=O) groups is 1. The van der Waals surface area contributed by atoms with E-state index < -0.39 is 17.5 Å². The molecule has 0 amide bonds. The van der Waals surface area contributed by atoms with Crippen molar-refractivity contribution in [1.29, 1.82) is 0 Å². The molecule has 21 heavy (non-hydrogen) atoms. The molecule has 2 nitrogen and oxygen atoms in total. The van der Waals surface area contributed by atoms with Gasteiger partial charge in [-0.15, -0.1) is 0 Å². The summed E-state index contributed by atoms with van der Waals surface area (Å²) in [5.74, 6) is -0.422. The number of ketones is 1.